The van der Waals surface area contributed by atoms with Crippen LogP contribution in [0.2, 0.25) is 0 Å². The molecule has 1 aromatic carbocycles. The molecule has 0 aliphatic heterocycles. The van der Waals surface area contributed by atoms with E-state index in [1.807, 2.05) is 0 Å². The number of rotatable bonds is 0. The van der Waals surface area contributed by atoms with Gasteiger partial charge in [-0.25, -0.2) is 13.2 Å². The van der Waals surface area contributed by atoms with Crippen LogP contribution in [0.1, 0.15) is 11.3 Å². The average Bonchev–Trinajstić information content (AvgIpc) is 2.41. The Bertz CT molecular complexity index is 514. The van der Waals surface area contributed by atoms with Crippen molar-refractivity contribution in [1.82, 2.24) is 4.98 Å². The van der Waals surface area contributed by atoms with Gasteiger partial charge < -0.3 is 4.98 Å². The summed E-state index contributed by atoms with van der Waals surface area (Å²) in [5.41, 5.74) is 1.21. The van der Waals surface area contributed by atoms with E-state index in [0.29, 0.717) is 17.3 Å². The van der Waals surface area contributed by atoms with Crippen LogP contribution in [0.3, 0.4) is 0 Å². The zero-order chi connectivity index (χ0) is 10.5. The predicted molar refractivity (Wildman–Crippen MR) is 47.6 cm³/mol. The molecule has 1 nitrogen and oxygen atoms in total. The smallest absolute Gasteiger partial charge is 0.168 e. The number of H-pyrrole nitrogens is 1. The van der Waals surface area contributed by atoms with Crippen LogP contribution in [0.4, 0.5) is 13.2 Å². The molecular weight excluding hydrogens is 191 g/mol. The minimum Gasteiger partial charge on any atom is -0.356 e. The first-order chi connectivity index (χ1) is 6.52. The summed E-state index contributed by atoms with van der Waals surface area (Å²) in [4.78, 5) is 2.68. The van der Waals surface area contributed by atoms with Crippen molar-refractivity contribution in [3.8, 4) is 0 Å². The Labute approximate surface area is 78.5 Å². The maximum Gasteiger partial charge on any atom is 0.168 e. The van der Waals surface area contributed by atoms with E-state index in [2.05, 4.69) is 4.98 Å². The Morgan fingerprint density at radius 2 is 1.71 bits per heavy atom. The molecule has 4 heteroatoms. The van der Waals surface area contributed by atoms with Crippen LogP contribution in [-0.4, -0.2) is 4.98 Å². The van der Waals surface area contributed by atoms with Gasteiger partial charge in [0.2, 0.25) is 0 Å². The zero-order valence-electron chi connectivity index (χ0n) is 7.71. The van der Waals surface area contributed by atoms with Crippen molar-refractivity contribution in [2.24, 2.45) is 0 Å². The molecule has 0 saturated heterocycles. The summed E-state index contributed by atoms with van der Waals surface area (Å²) < 4.78 is 39.3. The van der Waals surface area contributed by atoms with E-state index < -0.39 is 17.5 Å². The van der Waals surface area contributed by atoms with Crippen molar-refractivity contribution in [3.63, 3.8) is 0 Å². The standard InChI is InChI=1S/C10H8F3N/c1-4-5(2)14-10-7(12)3-6(11)9(13)8(4)10/h3,14H,1-2H3. The molecule has 0 fully saturated rings. The Kier molecular flexibility index (Phi) is 1.80. The number of aromatic nitrogens is 1. The van der Waals surface area contributed by atoms with Crippen LogP contribution >= 0.6 is 0 Å². The Morgan fingerprint density at radius 1 is 1.07 bits per heavy atom. The van der Waals surface area contributed by atoms with Crippen LogP contribution in [0, 0.1) is 31.3 Å². The molecular formula is C10H8F3N. The van der Waals surface area contributed by atoms with Crippen LogP contribution in [0.25, 0.3) is 10.9 Å². The third-order valence-corrected chi connectivity index (χ3v) is 2.42. The van der Waals surface area contributed by atoms with E-state index in [4.69, 9.17) is 0 Å². The highest BCUT2D eigenvalue weighted by molar-refractivity contribution is 5.85. The number of aryl methyl sites for hydroxylation is 2. The third kappa shape index (κ3) is 1.03. The van der Waals surface area contributed by atoms with Gasteiger partial charge in [-0.3, -0.25) is 0 Å². The van der Waals surface area contributed by atoms with Crippen molar-refractivity contribution in [1.29, 1.82) is 0 Å². The summed E-state index contributed by atoms with van der Waals surface area (Å²) >= 11 is 0. The van der Waals surface area contributed by atoms with Crippen molar-refractivity contribution in [2.45, 2.75) is 13.8 Å². The molecule has 0 aliphatic rings. The molecule has 0 unspecified atom stereocenters. The highest BCUT2D eigenvalue weighted by Gasteiger charge is 2.17. The summed E-state index contributed by atoms with van der Waals surface area (Å²) in [7, 11) is 0. The summed E-state index contributed by atoms with van der Waals surface area (Å²) in [6.45, 7) is 3.31. The van der Waals surface area contributed by atoms with Gasteiger partial charge >= 0.3 is 0 Å². The molecule has 0 amide bonds. The second-order valence-corrected chi connectivity index (χ2v) is 3.28. The van der Waals surface area contributed by atoms with Crippen molar-refractivity contribution in [2.75, 3.05) is 0 Å². The zero-order valence-corrected chi connectivity index (χ0v) is 7.71. The largest absolute Gasteiger partial charge is 0.356 e. The molecule has 2 aromatic rings. The average molecular weight is 199 g/mol. The summed E-state index contributed by atoms with van der Waals surface area (Å²) in [6, 6.07) is 0.549. The fraction of sp³-hybridized carbons (Fsp3) is 0.200. The van der Waals surface area contributed by atoms with Crippen LogP contribution in [0.15, 0.2) is 6.07 Å². The molecule has 2 rings (SSSR count). The molecule has 0 bridgehead atoms. The molecule has 0 atom stereocenters. The number of aromatic amines is 1. The van der Waals surface area contributed by atoms with E-state index in [0.717, 1.165) is 0 Å². The number of fused-ring (bicyclic) bond motifs is 1. The SMILES string of the molecule is Cc1[nH]c2c(F)cc(F)c(F)c2c1C. The molecule has 1 aromatic heterocycles. The van der Waals surface area contributed by atoms with Crippen LogP contribution in [0.5, 0.6) is 0 Å². The summed E-state index contributed by atoms with van der Waals surface area (Å²) in [5.74, 6) is -2.92. The first kappa shape index (κ1) is 9.12. The van der Waals surface area contributed by atoms with Crippen molar-refractivity contribution in [3.05, 3.63) is 34.8 Å². The van der Waals surface area contributed by atoms with E-state index in [-0.39, 0.29) is 10.9 Å². The van der Waals surface area contributed by atoms with E-state index in [9.17, 15) is 13.2 Å². The van der Waals surface area contributed by atoms with E-state index >= 15 is 0 Å². The normalized spacial score (nSPS) is 11.2. The molecule has 1 N–H and O–H groups in total. The topological polar surface area (TPSA) is 15.8 Å². The van der Waals surface area contributed by atoms with Gasteiger partial charge in [-0.05, 0) is 19.4 Å². The lowest BCUT2D eigenvalue weighted by Gasteiger charge is -1.97. The highest BCUT2D eigenvalue weighted by atomic mass is 19.2. The number of hydrogen-bond donors (Lipinski definition) is 1. The van der Waals surface area contributed by atoms with Gasteiger partial charge in [-0.1, -0.05) is 0 Å². The van der Waals surface area contributed by atoms with E-state index in [1.54, 1.807) is 13.8 Å². The minimum absolute atomic E-state index is 0.000000000000000222. The number of benzene rings is 1. The predicted octanol–water partition coefficient (Wildman–Crippen LogP) is 3.20. The quantitative estimate of drug-likeness (QED) is 0.627. The first-order valence-corrected chi connectivity index (χ1v) is 4.14. The minimum atomic E-state index is -1.16. The Balaban J connectivity index is 3.03. The second-order valence-electron chi connectivity index (χ2n) is 3.28. The van der Waals surface area contributed by atoms with Crippen molar-refractivity contribution < 1.29 is 13.2 Å². The molecule has 0 radical (unpaired) electrons. The third-order valence-electron chi connectivity index (χ3n) is 2.42. The number of halogens is 3. The maximum absolute atomic E-state index is 13.3. The van der Waals surface area contributed by atoms with Gasteiger partial charge in [0.25, 0.3) is 0 Å². The summed E-state index contributed by atoms with van der Waals surface area (Å²) in [5, 5.41) is 0.000000000000000222. The molecule has 74 valence electrons. The number of nitrogens with one attached hydrogen (secondary N) is 1. The fourth-order valence-electron chi connectivity index (χ4n) is 1.54. The molecule has 0 saturated carbocycles. The Hall–Kier alpha value is -1.45. The lowest BCUT2D eigenvalue weighted by atomic mass is 10.1. The molecule has 0 spiro atoms. The van der Waals surface area contributed by atoms with Gasteiger partial charge in [-0.15, -0.1) is 0 Å². The van der Waals surface area contributed by atoms with E-state index in [1.165, 1.54) is 0 Å². The highest BCUT2D eigenvalue weighted by Crippen LogP contribution is 2.27. The van der Waals surface area contributed by atoms with Crippen LogP contribution in [-0.2, 0) is 0 Å². The summed E-state index contributed by atoms with van der Waals surface area (Å²) in [6.07, 6.45) is 0. The fourth-order valence-corrected chi connectivity index (χ4v) is 1.54. The Morgan fingerprint density at radius 3 is 2.36 bits per heavy atom. The lowest BCUT2D eigenvalue weighted by molar-refractivity contribution is 0.505. The molecule has 1 heterocycles. The first-order valence-electron chi connectivity index (χ1n) is 4.14. The maximum atomic E-state index is 13.3. The molecule has 14 heavy (non-hydrogen) atoms. The van der Waals surface area contributed by atoms with Gasteiger partial charge in [0.05, 0.1) is 5.52 Å². The lowest BCUT2D eigenvalue weighted by Crippen LogP contribution is -1.89. The number of hydrogen-bond acceptors (Lipinski definition) is 0. The monoisotopic (exact) mass is 199 g/mol. The van der Waals surface area contributed by atoms with Gasteiger partial charge in [0, 0.05) is 17.1 Å². The molecule has 0 aliphatic carbocycles. The van der Waals surface area contributed by atoms with Gasteiger partial charge in [0.15, 0.2) is 11.6 Å². The van der Waals surface area contributed by atoms with Crippen LogP contribution < -0.4 is 0 Å². The van der Waals surface area contributed by atoms with Gasteiger partial charge in [-0.2, -0.15) is 0 Å². The van der Waals surface area contributed by atoms with Crippen molar-refractivity contribution >= 4 is 10.9 Å². The van der Waals surface area contributed by atoms with Gasteiger partial charge in [0.1, 0.15) is 5.82 Å². The second kappa shape index (κ2) is 2.77.